The largest absolute Gasteiger partial charge is 0.320 e. The summed E-state index contributed by atoms with van der Waals surface area (Å²) < 4.78 is 27.5. The van der Waals surface area contributed by atoms with Crippen molar-refractivity contribution >= 4 is 50.4 Å². The maximum atomic E-state index is 12.6. The Kier molecular flexibility index (Phi) is 5.65. The summed E-state index contributed by atoms with van der Waals surface area (Å²) in [7, 11) is -3.75. The van der Waals surface area contributed by atoms with Gasteiger partial charge in [0.1, 0.15) is 4.88 Å². The van der Waals surface area contributed by atoms with E-state index < -0.39 is 10.0 Å². The van der Waals surface area contributed by atoms with E-state index in [4.69, 9.17) is 0 Å². The van der Waals surface area contributed by atoms with Gasteiger partial charge in [-0.3, -0.25) is 9.52 Å². The zero-order valence-electron chi connectivity index (χ0n) is 13.8. The van der Waals surface area contributed by atoms with Crippen molar-refractivity contribution in [1.82, 2.24) is 0 Å². The van der Waals surface area contributed by atoms with Crippen molar-refractivity contribution in [2.45, 2.75) is 9.79 Å². The summed E-state index contributed by atoms with van der Waals surface area (Å²) in [5.74, 6) is -0.354. The lowest BCUT2D eigenvalue weighted by Crippen LogP contribution is -2.17. The summed E-state index contributed by atoms with van der Waals surface area (Å²) in [6.07, 6.45) is 1.93. The first-order valence-electron chi connectivity index (χ1n) is 7.61. The van der Waals surface area contributed by atoms with Gasteiger partial charge >= 0.3 is 0 Å². The molecule has 0 aliphatic carbocycles. The molecule has 134 valence electrons. The highest BCUT2D eigenvalue weighted by Gasteiger charge is 2.20. The van der Waals surface area contributed by atoms with Crippen LogP contribution in [-0.4, -0.2) is 20.6 Å². The van der Waals surface area contributed by atoms with E-state index in [9.17, 15) is 13.2 Å². The van der Waals surface area contributed by atoms with Crippen LogP contribution >= 0.6 is 23.1 Å². The van der Waals surface area contributed by atoms with E-state index in [1.807, 2.05) is 30.5 Å². The standard InChI is InChI=1S/C18H16N2O3S3/c1-24-16-10-6-5-9-14(16)19-18(21)17-15(11-12-25-17)20-26(22,23)13-7-3-2-4-8-13/h2-12,20H,1H3,(H,19,21). The number of hydrogen-bond acceptors (Lipinski definition) is 5. The normalized spacial score (nSPS) is 11.1. The van der Waals surface area contributed by atoms with E-state index in [0.29, 0.717) is 10.6 Å². The quantitative estimate of drug-likeness (QED) is 0.592. The Hall–Kier alpha value is -2.29. The molecule has 0 spiro atoms. The van der Waals surface area contributed by atoms with E-state index in [1.54, 1.807) is 29.6 Å². The van der Waals surface area contributed by atoms with Gasteiger partial charge in [0.25, 0.3) is 15.9 Å². The number of carbonyl (C=O) groups is 1. The van der Waals surface area contributed by atoms with Gasteiger partial charge in [0.05, 0.1) is 16.3 Å². The Labute approximate surface area is 160 Å². The second-order valence-electron chi connectivity index (χ2n) is 5.24. The van der Waals surface area contributed by atoms with Crippen LogP contribution in [0.4, 0.5) is 11.4 Å². The molecular weight excluding hydrogens is 388 g/mol. The number of thiophene rings is 1. The van der Waals surface area contributed by atoms with Gasteiger partial charge in [-0.1, -0.05) is 30.3 Å². The maximum absolute atomic E-state index is 12.6. The minimum absolute atomic E-state index is 0.144. The Morgan fingerprint density at radius 2 is 1.65 bits per heavy atom. The van der Waals surface area contributed by atoms with Crippen LogP contribution in [0.2, 0.25) is 0 Å². The van der Waals surface area contributed by atoms with E-state index >= 15 is 0 Å². The van der Waals surface area contributed by atoms with Crippen molar-refractivity contribution in [2.75, 3.05) is 16.3 Å². The maximum Gasteiger partial charge on any atom is 0.267 e. The second-order valence-corrected chi connectivity index (χ2v) is 8.68. The van der Waals surface area contributed by atoms with Gasteiger partial charge in [0.15, 0.2) is 0 Å². The molecule has 3 aromatic rings. The first kappa shape index (κ1) is 18.5. The summed E-state index contributed by atoms with van der Waals surface area (Å²) in [5, 5.41) is 4.52. The smallest absolute Gasteiger partial charge is 0.267 e. The van der Waals surface area contributed by atoms with Crippen molar-refractivity contribution in [2.24, 2.45) is 0 Å². The molecule has 0 aliphatic rings. The second kappa shape index (κ2) is 7.94. The highest BCUT2D eigenvalue weighted by molar-refractivity contribution is 7.98. The number of para-hydroxylation sites is 1. The van der Waals surface area contributed by atoms with Gasteiger partial charge in [-0.2, -0.15) is 0 Å². The fourth-order valence-corrected chi connectivity index (χ4v) is 4.75. The van der Waals surface area contributed by atoms with Gasteiger partial charge in [0.2, 0.25) is 0 Å². The predicted octanol–water partition coefficient (Wildman–Crippen LogP) is 4.52. The SMILES string of the molecule is CSc1ccccc1NC(=O)c1sccc1NS(=O)(=O)c1ccccc1. The van der Waals surface area contributed by atoms with Crippen molar-refractivity contribution < 1.29 is 13.2 Å². The Balaban J connectivity index is 1.83. The number of anilines is 2. The highest BCUT2D eigenvalue weighted by Crippen LogP contribution is 2.29. The molecule has 0 unspecified atom stereocenters. The molecule has 3 rings (SSSR count). The van der Waals surface area contributed by atoms with Gasteiger partial charge in [0, 0.05) is 4.90 Å². The predicted molar refractivity (Wildman–Crippen MR) is 108 cm³/mol. The molecule has 1 heterocycles. The number of carbonyl (C=O) groups excluding carboxylic acids is 1. The number of rotatable bonds is 6. The fraction of sp³-hybridized carbons (Fsp3) is 0.0556. The summed E-state index contributed by atoms with van der Waals surface area (Å²) in [4.78, 5) is 14.0. The number of sulfonamides is 1. The molecule has 0 saturated heterocycles. The molecule has 0 atom stereocenters. The Morgan fingerprint density at radius 3 is 2.38 bits per heavy atom. The summed E-state index contributed by atoms with van der Waals surface area (Å²) in [6.45, 7) is 0. The third kappa shape index (κ3) is 4.09. The van der Waals surface area contributed by atoms with Crippen LogP contribution in [0.5, 0.6) is 0 Å². The number of thioether (sulfide) groups is 1. The molecule has 26 heavy (non-hydrogen) atoms. The molecule has 2 N–H and O–H groups in total. The number of hydrogen-bond donors (Lipinski definition) is 2. The average Bonchev–Trinajstić information content (AvgIpc) is 3.10. The van der Waals surface area contributed by atoms with Crippen LogP contribution in [0.15, 0.2) is 75.8 Å². The Bertz CT molecular complexity index is 1010. The topological polar surface area (TPSA) is 75.3 Å². The molecule has 1 aromatic heterocycles. The van der Waals surface area contributed by atoms with Crippen molar-refractivity contribution in [1.29, 1.82) is 0 Å². The van der Waals surface area contributed by atoms with Gasteiger partial charge < -0.3 is 5.32 Å². The first-order chi connectivity index (χ1) is 12.5. The third-order valence-corrected chi connectivity index (χ3v) is 6.61. The molecule has 0 saturated carbocycles. The molecular formula is C18H16N2O3S3. The van der Waals surface area contributed by atoms with Crippen LogP contribution in [0.1, 0.15) is 9.67 Å². The van der Waals surface area contributed by atoms with Crippen LogP contribution in [-0.2, 0) is 10.0 Å². The molecule has 8 heteroatoms. The van der Waals surface area contributed by atoms with E-state index in [-0.39, 0.29) is 16.5 Å². The van der Waals surface area contributed by atoms with Crippen molar-refractivity contribution in [3.8, 4) is 0 Å². The molecule has 1 amide bonds. The molecule has 0 radical (unpaired) electrons. The van der Waals surface area contributed by atoms with Crippen LogP contribution in [0.25, 0.3) is 0 Å². The number of benzene rings is 2. The first-order valence-corrected chi connectivity index (χ1v) is 11.2. The van der Waals surface area contributed by atoms with Gasteiger partial charge in [-0.25, -0.2) is 8.42 Å². The number of amides is 1. The average molecular weight is 405 g/mol. The third-order valence-electron chi connectivity index (χ3n) is 3.52. The van der Waals surface area contributed by atoms with Crippen LogP contribution < -0.4 is 10.0 Å². The van der Waals surface area contributed by atoms with Gasteiger partial charge in [-0.05, 0) is 42.0 Å². The summed E-state index contributed by atoms with van der Waals surface area (Å²) >= 11 is 2.70. The van der Waals surface area contributed by atoms with Crippen molar-refractivity contribution in [3.05, 3.63) is 70.9 Å². The highest BCUT2D eigenvalue weighted by atomic mass is 32.2. The number of nitrogens with one attached hydrogen (secondary N) is 2. The van der Waals surface area contributed by atoms with Crippen LogP contribution in [0, 0.1) is 0 Å². The lowest BCUT2D eigenvalue weighted by Gasteiger charge is -2.11. The van der Waals surface area contributed by atoms with E-state index in [0.717, 1.165) is 4.90 Å². The monoisotopic (exact) mass is 404 g/mol. The minimum Gasteiger partial charge on any atom is -0.320 e. The van der Waals surface area contributed by atoms with Gasteiger partial charge in [-0.15, -0.1) is 23.1 Å². The zero-order chi connectivity index (χ0) is 18.6. The molecule has 0 fully saturated rings. The van der Waals surface area contributed by atoms with E-state index in [1.165, 1.54) is 35.2 Å². The lowest BCUT2D eigenvalue weighted by atomic mass is 10.3. The minimum atomic E-state index is -3.75. The molecule has 0 bridgehead atoms. The summed E-state index contributed by atoms with van der Waals surface area (Å²) in [6, 6.07) is 17.1. The summed E-state index contributed by atoms with van der Waals surface area (Å²) in [5.41, 5.74) is 0.952. The molecule has 2 aromatic carbocycles. The Morgan fingerprint density at radius 1 is 0.962 bits per heavy atom. The molecule has 5 nitrogen and oxygen atoms in total. The van der Waals surface area contributed by atoms with Crippen LogP contribution in [0.3, 0.4) is 0 Å². The van der Waals surface area contributed by atoms with E-state index in [2.05, 4.69) is 10.0 Å². The van der Waals surface area contributed by atoms with Crippen molar-refractivity contribution in [3.63, 3.8) is 0 Å². The zero-order valence-corrected chi connectivity index (χ0v) is 16.2. The molecule has 0 aliphatic heterocycles. The lowest BCUT2D eigenvalue weighted by molar-refractivity contribution is 0.103. The fourth-order valence-electron chi connectivity index (χ4n) is 2.30.